The van der Waals surface area contributed by atoms with E-state index in [1.165, 1.54) is 25.7 Å². The highest BCUT2D eigenvalue weighted by Crippen LogP contribution is 2.29. The molecule has 1 fully saturated rings. The molecule has 1 aromatic rings. The maximum atomic E-state index is 11.0. The van der Waals surface area contributed by atoms with E-state index in [1.54, 1.807) is 0 Å². The molecule has 1 atom stereocenters. The summed E-state index contributed by atoms with van der Waals surface area (Å²) in [7, 11) is 0. The predicted octanol–water partition coefficient (Wildman–Crippen LogP) is 4.60. The van der Waals surface area contributed by atoms with Crippen LogP contribution in [0.2, 0.25) is 0 Å². The average Bonchev–Trinajstić information content (AvgIpc) is 2.94. The molecular weight excluding hydrogens is 236 g/mol. The zero-order chi connectivity index (χ0) is 13.9. The van der Waals surface area contributed by atoms with E-state index in [1.807, 2.05) is 50.2 Å². The van der Waals surface area contributed by atoms with Crippen molar-refractivity contribution in [2.45, 2.75) is 58.5 Å². The molecule has 0 aromatic heterocycles. The molecule has 1 unspecified atom stereocenters. The third-order valence-corrected chi connectivity index (χ3v) is 3.43. The second kappa shape index (κ2) is 9.60. The van der Waals surface area contributed by atoms with Gasteiger partial charge in [-0.3, -0.25) is 4.79 Å². The smallest absolute Gasteiger partial charge is 0.305 e. The molecule has 0 spiro atoms. The number of hydrogen-bond acceptors (Lipinski definition) is 2. The van der Waals surface area contributed by atoms with Gasteiger partial charge in [-0.1, -0.05) is 69.0 Å². The fraction of sp³-hybridized carbons (Fsp3) is 0.588. The first-order valence-corrected chi connectivity index (χ1v) is 7.41. The molecule has 0 amide bonds. The molecular formula is C17H26O2. The molecule has 1 aliphatic rings. The Bertz CT molecular complexity index is 302. The molecule has 0 aliphatic heterocycles. The molecule has 2 nitrogen and oxygen atoms in total. The molecule has 0 saturated heterocycles. The van der Waals surface area contributed by atoms with Gasteiger partial charge >= 0.3 is 5.97 Å². The first kappa shape index (κ1) is 15.7. The molecule has 19 heavy (non-hydrogen) atoms. The molecule has 1 aliphatic carbocycles. The van der Waals surface area contributed by atoms with Crippen molar-refractivity contribution >= 4 is 5.97 Å². The summed E-state index contributed by atoms with van der Waals surface area (Å²) in [6.45, 7) is 3.84. The van der Waals surface area contributed by atoms with Crippen LogP contribution in [0.1, 0.15) is 52.4 Å². The number of ether oxygens (including phenoxy) is 1. The summed E-state index contributed by atoms with van der Waals surface area (Å²) in [6, 6.07) is 12.0. The number of esters is 1. The summed E-state index contributed by atoms with van der Waals surface area (Å²) in [5, 5.41) is 0. The summed E-state index contributed by atoms with van der Waals surface area (Å²) in [6.07, 6.45) is 7.05. The summed E-state index contributed by atoms with van der Waals surface area (Å²) in [5.74, 6) is 0.741. The summed E-state index contributed by atoms with van der Waals surface area (Å²) in [4.78, 5) is 11.0. The van der Waals surface area contributed by atoms with E-state index in [0.29, 0.717) is 6.42 Å². The molecule has 0 radical (unpaired) electrons. The van der Waals surface area contributed by atoms with Gasteiger partial charge in [-0.2, -0.15) is 0 Å². The molecule has 2 heteroatoms. The van der Waals surface area contributed by atoms with Crippen LogP contribution < -0.4 is 0 Å². The first-order chi connectivity index (χ1) is 9.22. The number of hydrogen-bond donors (Lipinski definition) is 0. The van der Waals surface area contributed by atoms with Gasteiger partial charge in [0.25, 0.3) is 0 Å². The number of carbonyl (C=O) groups excluding carboxylic acids is 1. The highest BCUT2D eigenvalue weighted by molar-refractivity contribution is 5.69. The first-order valence-electron chi connectivity index (χ1n) is 7.41. The Labute approximate surface area is 117 Å². The van der Waals surface area contributed by atoms with E-state index in [2.05, 4.69) is 0 Å². The van der Waals surface area contributed by atoms with Crippen molar-refractivity contribution in [2.24, 2.45) is 5.92 Å². The Balaban J connectivity index is 0.000000250. The van der Waals surface area contributed by atoms with E-state index >= 15 is 0 Å². The van der Waals surface area contributed by atoms with Gasteiger partial charge in [-0.05, 0) is 19.3 Å². The zero-order valence-corrected chi connectivity index (χ0v) is 12.2. The van der Waals surface area contributed by atoms with Gasteiger partial charge < -0.3 is 4.74 Å². The van der Waals surface area contributed by atoms with E-state index in [4.69, 9.17) is 4.74 Å². The second-order valence-corrected chi connectivity index (χ2v) is 5.19. The van der Waals surface area contributed by atoms with Crippen molar-refractivity contribution in [1.82, 2.24) is 0 Å². The largest absolute Gasteiger partial charge is 0.463 e. The Morgan fingerprint density at radius 1 is 1.11 bits per heavy atom. The van der Waals surface area contributed by atoms with Crippen molar-refractivity contribution in [2.75, 3.05) is 0 Å². The maximum Gasteiger partial charge on any atom is 0.305 e. The normalized spacial score (nSPS) is 16.3. The Hall–Kier alpha value is -1.31. The standard InChI is InChI=1S/C11H20O2.C6H6/c1-3-11(12)13-9(2)8-10-6-4-5-7-10;1-2-4-6-5-3-1/h9-10H,3-8H2,1-2H3;1-6H. The van der Waals surface area contributed by atoms with Crippen molar-refractivity contribution in [3.63, 3.8) is 0 Å². The van der Waals surface area contributed by atoms with Crippen LogP contribution in [0, 0.1) is 5.92 Å². The Kier molecular flexibility index (Phi) is 7.95. The van der Waals surface area contributed by atoms with Crippen LogP contribution in [0.15, 0.2) is 36.4 Å². The lowest BCUT2D eigenvalue weighted by Crippen LogP contribution is -2.16. The molecule has 0 heterocycles. The minimum absolute atomic E-state index is 0.0644. The molecule has 106 valence electrons. The highest BCUT2D eigenvalue weighted by atomic mass is 16.5. The van der Waals surface area contributed by atoms with Crippen LogP contribution >= 0.6 is 0 Å². The van der Waals surface area contributed by atoms with Gasteiger partial charge in [-0.25, -0.2) is 0 Å². The quantitative estimate of drug-likeness (QED) is 0.741. The van der Waals surface area contributed by atoms with Crippen LogP contribution in [0.4, 0.5) is 0 Å². The number of rotatable bonds is 4. The van der Waals surface area contributed by atoms with Crippen LogP contribution in [-0.2, 0) is 9.53 Å². The van der Waals surface area contributed by atoms with Gasteiger partial charge in [0, 0.05) is 6.42 Å². The van der Waals surface area contributed by atoms with Crippen LogP contribution in [0.5, 0.6) is 0 Å². The second-order valence-electron chi connectivity index (χ2n) is 5.19. The van der Waals surface area contributed by atoms with Gasteiger partial charge in [0.1, 0.15) is 0 Å². The zero-order valence-electron chi connectivity index (χ0n) is 12.2. The van der Waals surface area contributed by atoms with Crippen LogP contribution in [0.25, 0.3) is 0 Å². The van der Waals surface area contributed by atoms with Gasteiger partial charge in [0.05, 0.1) is 6.10 Å². The Morgan fingerprint density at radius 3 is 2.00 bits per heavy atom. The number of carbonyl (C=O) groups is 1. The lowest BCUT2D eigenvalue weighted by molar-refractivity contribution is -0.148. The molecule has 0 N–H and O–H groups in total. The topological polar surface area (TPSA) is 26.3 Å². The van der Waals surface area contributed by atoms with Crippen molar-refractivity contribution < 1.29 is 9.53 Å². The molecule has 1 saturated carbocycles. The van der Waals surface area contributed by atoms with Crippen molar-refractivity contribution in [3.05, 3.63) is 36.4 Å². The van der Waals surface area contributed by atoms with Gasteiger partial charge in [-0.15, -0.1) is 0 Å². The lowest BCUT2D eigenvalue weighted by atomic mass is 10.0. The third kappa shape index (κ3) is 7.66. The van der Waals surface area contributed by atoms with E-state index < -0.39 is 0 Å². The lowest BCUT2D eigenvalue weighted by Gasteiger charge is -2.16. The molecule has 0 bridgehead atoms. The van der Waals surface area contributed by atoms with Gasteiger partial charge in [0.15, 0.2) is 0 Å². The van der Waals surface area contributed by atoms with E-state index in [9.17, 15) is 4.79 Å². The minimum Gasteiger partial charge on any atom is -0.463 e. The highest BCUT2D eigenvalue weighted by Gasteiger charge is 2.19. The minimum atomic E-state index is -0.0644. The van der Waals surface area contributed by atoms with Crippen LogP contribution in [-0.4, -0.2) is 12.1 Å². The molecule has 1 aromatic carbocycles. The summed E-state index contributed by atoms with van der Waals surface area (Å²) in [5.41, 5.74) is 0. The maximum absolute atomic E-state index is 11.0. The predicted molar refractivity (Wildman–Crippen MR) is 78.9 cm³/mol. The fourth-order valence-electron chi connectivity index (χ4n) is 2.46. The fourth-order valence-corrected chi connectivity index (χ4v) is 2.46. The molecule has 2 rings (SSSR count). The monoisotopic (exact) mass is 262 g/mol. The van der Waals surface area contributed by atoms with Gasteiger partial charge in [0.2, 0.25) is 0 Å². The SMILES string of the molecule is CCC(=O)OC(C)CC1CCCC1.c1ccccc1. The summed E-state index contributed by atoms with van der Waals surface area (Å²) >= 11 is 0. The Morgan fingerprint density at radius 2 is 1.58 bits per heavy atom. The van der Waals surface area contributed by atoms with E-state index in [-0.39, 0.29) is 12.1 Å². The van der Waals surface area contributed by atoms with Crippen molar-refractivity contribution in [1.29, 1.82) is 0 Å². The van der Waals surface area contributed by atoms with Crippen molar-refractivity contribution in [3.8, 4) is 0 Å². The summed E-state index contributed by atoms with van der Waals surface area (Å²) < 4.78 is 5.22. The van der Waals surface area contributed by atoms with Crippen LogP contribution in [0.3, 0.4) is 0 Å². The van der Waals surface area contributed by atoms with E-state index in [0.717, 1.165) is 12.3 Å². The number of benzene rings is 1. The average molecular weight is 262 g/mol. The third-order valence-electron chi connectivity index (χ3n) is 3.43.